The first kappa shape index (κ1) is 25.4. The molecule has 29 heavy (non-hydrogen) atoms. The van der Waals surface area contributed by atoms with Crippen molar-refractivity contribution in [1.29, 1.82) is 5.26 Å². The topological polar surface area (TPSA) is 109 Å². The van der Waals surface area contributed by atoms with Crippen molar-refractivity contribution < 1.29 is 20.1 Å². The third-order valence-electron chi connectivity index (χ3n) is 4.30. The molecule has 3 atom stereocenters. The molecule has 7 nitrogen and oxygen atoms in total. The molecule has 8 heteroatoms. The van der Waals surface area contributed by atoms with Gasteiger partial charge in [-0.15, -0.1) is 0 Å². The van der Waals surface area contributed by atoms with Gasteiger partial charge < -0.3 is 25.0 Å². The van der Waals surface area contributed by atoms with Gasteiger partial charge in [0.25, 0.3) is 0 Å². The predicted octanol–water partition coefficient (Wildman–Crippen LogP) is 2.49. The van der Waals surface area contributed by atoms with Gasteiger partial charge in [-0.25, -0.2) is 0 Å². The molecule has 1 aliphatic rings. The molecule has 1 saturated heterocycles. The van der Waals surface area contributed by atoms with Crippen molar-refractivity contribution in [3.8, 4) is 6.07 Å². The normalized spacial score (nSPS) is 21.7. The second-order valence-corrected chi connectivity index (χ2v) is 7.52. The van der Waals surface area contributed by atoms with Gasteiger partial charge in [-0.3, -0.25) is 4.72 Å². The van der Waals surface area contributed by atoms with Crippen LogP contribution in [0.4, 0.5) is 5.69 Å². The average molecular weight is 424 g/mol. The highest BCUT2D eigenvalue weighted by Gasteiger charge is 2.29. The van der Waals surface area contributed by atoms with Crippen LogP contribution in [0.2, 0.25) is 0 Å². The Morgan fingerprint density at radius 1 is 1.24 bits per heavy atom. The van der Waals surface area contributed by atoms with Gasteiger partial charge in [-0.1, -0.05) is 26.0 Å². The molecule has 1 aromatic rings. The number of ether oxygens (including phenoxy) is 1. The average Bonchev–Trinajstić information content (AvgIpc) is 2.75. The zero-order valence-corrected chi connectivity index (χ0v) is 18.2. The number of allylic oxidation sites excluding steroid dienone is 1. The predicted molar refractivity (Wildman–Crippen MR) is 118 cm³/mol. The summed E-state index contributed by atoms with van der Waals surface area (Å²) in [6.45, 7) is 6.55. The number of hydrogen-bond donors (Lipinski definition) is 4. The maximum atomic E-state index is 9.82. The number of nitrogens with zero attached hydrogens (tertiary/aromatic N) is 2. The number of anilines is 1. The standard InChI is InChI=1S/C20H29N3O3S.CH4O/c1-3-9-23(10-4-2)16-7-5-15(6-8-16)11-18(13-21)27-22-19-12-17(24)14-26-20(19)25;1-2/h5-8,11,17,19-20,22,24-25H,3-4,9-10,12,14H2,1-2H3;2H,1H3/b18-11+;. The van der Waals surface area contributed by atoms with Crippen molar-refractivity contribution in [2.24, 2.45) is 0 Å². The molecule has 0 spiro atoms. The van der Waals surface area contributed by atoms with Crippen molar-refractivity contribution in [1.82, 2.24) is 4.72 Å². The molecule has 1 aliphatic heterocycles. The van der Waals surface area contributed by atoms with Crippen LogP contribution in [0.5, 0.6) is 0 Å². The minimum Gasteiger partial charge on any atom is -0.400 e. The Morgan fingerprint density at radius 3 is 2.41 bits per heavy atom. The van der Waals surface area contributed by atoms with Gasteiger partial charge in [0.2, 0.25) is 0 Å². The summed E-state index contributed by atoms with van der Waals surface area (Å²) in [6.07, 6.45) is 2.80. The van der Waals surface area contributed by atoms with E-state index >= 15 is 0 Å². The number of nitrogens with one attached hydrogen (secondary N) is 1. The van der Waals surface area contributed by atoms with Gasteiger partial charge in [0.05, 0.1) is 18.8 Å². The maximum absolute atomic E-state index is 9.82. The molecule has 162 valence electrons. The number of rotatable bonds is 9. The van der Waals surface area contributed by atoms with Crippen molar-refractivity contribution in [2.75, 3.05) is 31.7 Å². The molecule has 1 fully saturated rings. The van der Waals surface area contributed by atoms with Crippen molar-refractivity contribution in [2.45, 2.75) is 51.5 Å². The number of benzene rings is 1. The summed E-state index contributed by atoms with van der Waals surface area (Å²) in [7, 11) is 1.00. The fourth-order valence-corrected chi connectivity index (χ4v) is 3.71. The Morgan fingerprint density at radius 2 is 1.86 bits per heavy atom. The Kier molecular flexibility index (Phi) is 12.6. The van der Waals surface area contributed by atoms with Crippen molar-refractivity contribution in [3.63, 3.8) is 0 Å². The fraction of sp³-hybridized carbons (Fsp3) is 0.571. The summed E-state index contributed by atoms with van der Waals surface area (Å²) in [5, 5.41) is 35.8. The van der Waals surface area contributed by atoms with E-state index in [9.17, 15) is 15.5 Å². The Labute approximate surface area is 178 Å². The first-order chi connectivity index (χ1) is 14.1. The van der Waals surface area contributed by atoms with E-state index in [4.69, 9.17) is 9.84 Å². The summed E-state index contributed by atoms with van der Waals surface area (Å²) < 4.78 is 8.10. The van der Waals surface area contributed by atoms with E-state index in [0.29, 0.717) is 11.3 Å². The highest BCUT2D eigenvalue weighted by Crippen LogP contribution is 2.22. The van der Waals surface area contributed by atoms with Crippen LogP contribution in [0, 0.1) is 11.3 Å². The number of nitriles is 1. The Bertz CT molecular complexity index is 642. The van der Waals surface area contributed by atoms with E-state index in [2.05, 4.69) is 41.7 Å². The largest absolute Gasteiger partial charge is 0.400 e. The number of aliphatic hydroxyl groups is 3. The molecule has 0 radical (unpaired) electrons. The van der Waals surface area contributed by atoms with Gasteiger partial charge in [0.1, 0.15) is 11.0 Å². The molecule has 1 heterocycles. The summed E-state index contributed by atoms with van der Waals surface area (Å²) in [5.74, 6) is 0. The van der Waals surface area contributed by atoms with E-state index in [1.165, 1.54) is 5.69 Å². The van der Waals surface area contributed by atoms with Crippen LogP contribution in [0.15, 0.2) is 29.2 Å². The number of aliphatic hydroxyl groups excluding tert-OH is 3. The molecule has 0 aromatic heterocycles. The lowest BCUT2D eigenvalue weighted by atomic mass is 10.1. The van der Waals surface area contributed by atoms with Crippen molar-refractivity contribution >= 4 is 23.7 Å². The van der Waals surface area contributed by atoms with Crippen LogP contribution in [0.3, 0.4) is 0 Å². The van der Waals surface area contributed by atoms with Gasteiger partial charge in [0, 0.05) is 25.9 Å². The van der Waals surface area contributed by atoms with Crippen LogP contribution in [0.25, 0.3) is 6.08 Å². The molecule has 0 amide bonds. The first-order valence-electron chi connectivity index (χ1n) is 9.89. The molecule has 1 aromatic carbocycles. The molecule has 0 bridgehead atoms. The quantitative estimate of drug-likeness (QED) is 0.354. The van der Waals surface area contributed by atoms with Crippen LogP contribution < -0.4 is 9.62 Å². The third kappa shape index (κ3) is 8.74. The SMILES string of the molecule is CCCN(CCC)c1ccc(/C=C(\C#N)SNC2CC(O)COC2O)cc1.CO. The van der Waals surface area contributed by atoms with Crippen LogP contribution in [-0.4, -0.2) is 60.6 Å². The monoisotopic (exact) mass is 423 g/mol. The van der Waals surface area contributed by atoms with Gasteiger partial charge in [0.15, 0.2) is 6.29 Å². The molecule has 0 aliphatic carbocycles. The molecule has 3 unspecified atom stereocenters. The summed E-state index contributed by atoms with van der Waals surface area (Å²) in [6, 6.07) is 9.92. The lowest BCUT2D eigenvalue weighted by Gasteiger charge is -2.30. The van der Waals surface area contributed by atoms with Crippen LogP contribution in [-0.2, 0) is 4.74 Å². The van der Waals surface area contributed by atoms with Crippen LogP contribution >= 0.6 is 11.9 Å². The number of hydrogen-bond acceptors (Lipinski definition) is 8. The van der Waals surface area contributed by atoms with Gasteiger partial charge in [-0.05, 0) is 55.0 Å². The molecule has 0 saturated carbocycles. The Balaban J connectivity index is 0.00000204. The fourth-order valence-electron chi connectivity index (χ4n) is 2.98. The second kappa shape index (κ2) is 14.4. The lowest BCUT2D eigenvalue weighted by molar-refractivity contribution is -0.168. The molecular formula is C21H33N3O4S. The minimum atomic E-state index is -0.983. The van der Waals surface area contributed by atoms with E-state index in [0.717, 1.165) is 50.6 Å². The molecule has 4 N–H and O–H groups in total. The van der Waals surface area contributed by atoms with E-state index in [1.807, 2.05) is 12.1 Å². The van der Waals surface area contributed by atoms with Gasteiger partial charge in [-0.2, -0.15) is 5.26 Å². The highest BCUT2D eigenvalue weighted by molar-refractivity contribution is 8.01. The second-order valence-electron chi connectivity index (χ2n) is 6.64. The summed E-state index contributed by atoms with van der Waals surface area (Å²) >= 11 is 1.14. The van der Waals surface area contributed by atoms with Crippen LogP contribution in [0.1, 0.15) is 38.7 Å². The highest BCUT2D eigenvalue weighted by atomic mass is 32.2. The lowest BCUT2D eigenvalue weighted by Crippen LogP contribution is -2.46. The smallest absolute Gasteiger partial charge is 0.171 e. The van der Waals surface area contributed by atoms with E-state index in [-0.39, 0.29) is 6.61 Å². The maximum Gasteiger partial charge on any atom is 0.171 e. The van der Waals surface area contributed by atoms with E-state index < -0.39 is 18.4 Å². The third-order valence-corrected chi connectivity index (χ3v) is 5.15. The minimum absolute atomic E-state index is 0.129. The summed E-state index contributed by atoms with van der Waals surface area (Å²) in [5.41, 5.74) is 2.13. The van der Waals surface area contributed by atoms with Gasteiger partial charge >= 0.3 is 0 Å². The molecular weight excluding hydrogens is 390 g/mol. The zero-order chi connectivity index (χ0) is 21.6. The molecule has 2 rings (SSSR count). The first-order valence-corrected chi connectivity index (χ1v) is 10.7. The zero-order valence-electron chi connectivity index (χ0n) is 17.4. The summed E-state index contributed by atoms with van der Waals surface area (Å²) in [4.78, 5) is 2.85. The van der Waals surface area contributed by atoms with Crippen molar-refractivity contribution in [3.05, 3.63) is 34.7 Å². The van der Waals surface area contributed by atoms with E-state index in [1.54, 1.807) is 6.08 Å². The Hall–Kier alpha value is -1.60.